The fraction of sp³-hybridized carbons (Fsp3) is 0.583. The number of pyridine rings is 1. The molecule has 3 N–H and O–H groups in total. The Balaban J connectivity index is 1.98. The summed E-state index contributed by atoms with van der Waals surface area (Å²) in [5.74, 6) is 0.879. The number of aryl methyl sites for hydroxylation is 1. The Morgan fingerprint density at radius 2 is 2.38 bits per heavy atom. The van der Waals surface area contributed by atoms with Gasteiger partial charge in [0, 0.05) is 18.3 Å². The lowest BCUT2D eigenvalue weighted by atomic mass is 9.83. The number of nitrogens with zero attached hydrogens (tertiary/aromatic N) is 1. The molecule has 3 atom stereocenters. The van der Waals surface area contributed by atoms with Gasteiger partial charge in [-0.1, -0.05) is 6.07 Å². The zero-order valence-electron chi connectivity index (χ0n) is 9.81. The third kappa shape index (κ3) is 2.33. The molecule has 4 nitrogen and oxygen atoms in total. The molecule has 1 saturated carbocycles. The molecule has 3 unspecified atom stereocenters. The largest absolute Gasteiger partial charge is 0.376 e. The quantitative estimate of drug-likeness (QED) is 0.804. The number of ether oxygens (including phenoxy) is 1. The molecule has 0 amide bonds. The van der Waals surface area contributed by atoms with Crippen LogP contribution in [0.4, 0.5) is 5.82 Å². The second-order valence-corrected chi connectivity index (χ2v) is 4.23. The summed E-state index contributed by atoms with van der Waals surface area (Å²) in [6.07, 6.45) is 1.15. The van der Waals surface area contributed by atoms with Crippen molar-refractivity contribution in [3.05, 3.63) is 23.9 Å². The Labute approximate surface area is 96.2 Å². The number of aromatic nitrogens is 1. The van der Waals surface area contributed by atoms with Crippen LogP contribution in [0.3, 0.4) is 0 Å². The number of nitrogens with one attached hydrogen (secondary N) is 1. The van der Waals surface area contributed by atoms with E-state index < -0.39 is 0 Å². The van der Waals surface area contributed by atoms with E-state index in [4.69, 9.17) is 10.5 Å². The van der Waals surface area contributed by atoms with Crippen molar-refractivity contribution in [2.75, 3.05) is 11.9 Å². The van der Waals surface area contributed by atoms with E-state index in [-0.39, 0.29) is 18.2 Å². The van der Waals surface area contributed by atoms with E-state index >= 15 is 0 Å². The summed E-state index contributed by atoms with van der Waals surface area (Å²) in [5, 5.41) is 3.34. The Hall–Kier alpha value is -1.13. The summed E-state index contributed by atoms with van der Waals surface area (Å²) in [5.41, 5.74) is 6.96. The van der Waals surface area contributed by atoms with Crippen molar-refractivity contribution in [2.24, 2.45) is 5.73 Å². The maximum atomic E-state index is 5.96. The van der Waals surface area contributed by atoms with Crippen LogP contribution in [-0.4, -0.2) is 29.8 Å². The van der Waals surface area contributed by atoms with Gasteiger partial charge in [0.25, 0.3) is 0 Å². The molecule has 88 valence electrons. The van der Waals surface area contributed by atoms with Crippen LogP contribution in [-0.2, 0) is 4.74 Å². The van der Waals surface area contributed by atoms with Gasteiger partial charge in [-0.05, 0) is 32.4 Å². The zero-order valence-corrected chi connectivity index (χ0v) is 9.81. The lowest BCUT2D eigenvalue weighted by Crippen LogP contribution is -2.60. The van der Waals surface area contributed by atoms with Gasteiger partial charge in [-0.2, -0.15) is 0 Å². The summed E-state index contributed by atoms with van der Waals surface area (Å²) >= 11 is 0. The first-order chi connectivity index (χ1) is 7.70. The van der Waals surface area contributed by atoms with Crippen LogP contribution in [0.2, 0.25) is 0 Å². The molecular weight excluding hydrogens is 202 g/mol. The molecule has 0 aromatic carbocycles. The molecule has 1 heterocycles. The van der Waals surface area contributed by atoms with Gasteiger partial charge < -0.3 is 15.8 Å². The molecule has 0 bridgehead atoms. The first-order valence-electron chi connectivity index (χ1n) is 5.78. The molecule has 0 aliphatic heterocycles. The van der Waals surface area contributed by atoms with Crippen LogP contribution in [0.15, 0.2) is 18.2 Å². The minimum atomic E-state index is 0.166. The van der Waals surface area contributed by atoms with Gasteiger partial charge in [0.2, 0.25) is 0 Å². The second kappa shape index (κ2) is 4.80. The van der Waals surface area contributed by atoms with Crippen molar-refractivity contribution in [1.82, 2.24) is 4.98 Å². The molecule has 2 rings (SSSR count). The lowest BCUT2D eigenvalue weighted by molar-refractivity contribution is -0.0127. The third-order valence-electron chi connectivity index (χ3n) is 2.95. The first-order valence-corrected chi connectivity index (χ1v) is 5.78. The number of hydrogen-bond donors (Lipinski definition) is 2. The normalized spacial score (nSPS) is 28.6. The van der Waals surface area contributed by atoms with E-state index in [9.17, 15) is 0 Å². The molecule has 0 spiro atoms. The molecule has 4 heteroatoms. The molecule has 1 fully saturated rings. The van der Waals surface area contributed by atoms with Gasteiger partial charge in [-0.15, -0.1) is 0 Å². The second-order valence-electron chi connectivity index (χ2n) is 4.23. The van der Waals surface area contributed by atoms with Crippen molar-refractivity contribution in [1.29, 1.82) is 0 Å². The summed E-state index contributed by atoms with van der Waals surface area (Å²) in [7, 11) is 0. The highest BCUT2D eigenvalue weighted by molar-refractivity contribution is 5.38. The molecule has 0 saturated heterocycles. The van der Waals surface area contributed by atoms with Crippen LogP contribution in [0.5, 0.6) is 0 Å². The Kier molecular flexibility index (Phi) is 3.41. The zero-order chi connectivity index (χ0) is 11.5. The van der Waals surface area contributed by atoms with E-state index in [2.05, 4.69) is 10.3 Å². The SMILES string of the molecule is CCOC1CC(N)C1Nc1cccc(C)n1. The fourth-order valence-electron chi connectivity index (χ4n) is 2.02. The van der Waals surface area contributed by atoms with Crippen LogP contribution >= 0.6 is 0 Å². The van der Waals surface area contributed by atoms with Crippen LogP contribution in [0, 0.1) is 6.92 Å². The number of hydrogen-bond acceptors (Lipinski definition) is 4. The number of nitrogens with two attached hydrogens (primary N) is 1. The maximum Gasteiger partial charge on any atom is 0.126 e. The third-order valence-corrected chi connectivity index (χ3v) is 2.95. The highest BCUT2D eigenvalue weighted by Crippen LogP contribution is 2.25. The number of anilines is 1. The van der Waals surface area contributed by atoms with Crippen LogP contribution in [0.1, 0.15) is 19.0 Å². The average molecular weight is 221 g/mol. The Morgan fingerprint density at radius 3 is 3.00 bits per heavy atom. The Bertz CT molecular complexity index is 354. The van der Waals surface area contributed by atoms with Gasteiger partial charge in [-0.3, -0.25) is 0 Å². The predicted molar refractivity (Wildman–Crippen MR) is 64.4 cm³/mol. The highest BCUT2D eigenvalue weighted by Gasteiger charge is 2.39. The van der Waals surface area contributed by atoms with Gasteiger partial charge in [0.15, 0.2) is 0 Å². The molecule has 16 heavy (non-hydrogen) atoms. The smallest absolute Gasteiger partial charge is 0.126 e. The highest BCUT2D eigenvalue weighted by atomic mass is 16.5. The summed E-state index contributed by atoms with van der Waals surface area (Å²) in [4.78, 5) is 4.40. The maximum absolute atomic E-state index is 5.96. The fourth-order valence-corrected chi connectivity index (χ4v) is 2.02. The Morgan fingerprint density at radius 1 is 1.56 bits per heavy atom. The average Bonchev–Trinajstić information content (AvgIpc) is 2.26. The van der Waals surface area contributed by atoms with Gasteiger partial charge in [0.05, 0.1) is 12.1 Å². The van der Waals surface area contributed by atoms with Crippen molar-refractivity contribution in [3.63, 3.8) is 0 Å². The van der Waals surface area contributed by atoms with Gasteiger partial charge in [0.1, 0.15) is 5.82 Å². The van der Waals surface area contributed by atoms with Crippen molar-refractivity contribution < 1.29 is 4.74 Å². The van der Waals surface area contributed by atoms with Crippen molar-refractivity contribution >= 4 is 5.82 Å². The van der Waals surface area contributed by atoms with E-state index in [1.807, 2.05) is 32.0 Å². The first kappa shape index (κ1) is 11.4. The number of rotatable bonds is 4. The lowest BCUT2D eigenvalue weighted by Gasteiger charge is -2.42. The van der Waals surface area contributed by atoms with Gasteiger partial charge >= 0.3 is 0 Å². The van der Waals surface area contributed by atoms with E-state index in [1.54, 1.807) is 0 Å². The van der Waals surface area contributed by atoms with E-state index in [1.165, 1.54) is 0 Å². The van der Waals surface area contributed by atoms with Crippen molar-refractivity contribution in [2.45, 2.75) is 38.5 Å². The molecule has 1 aromatic heterocycles. The van der Waals surface area contributed by atoms with E-state index in [0.29, 0.717) is 0 Å². The molecule has 0 radical (unpaired) electrons. The summed E-state index contributed by atoms with van der Waals surface area (Å²) in [6, 6.07) is 6.28. The molecular formula is C12H19N3O. The summed E-state index contributed by atoms with van der Waals surface area (Å²) < 4.78 is 5.59. The molecule has 1 aliphatic carbocycles. The van der Waals surface area contributed by atoms with Crippen molar-refractivity contribution in [3.8, 4) is 0 Å². The standard InChI is InChI=1S/C12H19N3O/c1-3-16-10-7-9(13)12(10)15-11-6-4-5-8(2)14-11/h4-6,9-10,12H,3,7,13H2,1-2H3,(H,14,15). The van der Waals surface area contributed by atoms with Gasteiger partial charge in [-0.25, -0.2) is 4.98 Å². The summed E-state index contributed by atoms with van der Waals surface area (Å²) in [6.45, 7) is 4.72. The molecule has 1 aromatic rings. The minimum Gasteiger partial charge on any atom is -0.376 e. The van der Waals surface area contributed by atoms with Crippen LogP contribution in [0.25, 0.3) is 0 Å². The molecule has 1 aliphatic rings. The monoisotopic (exact) mass is 221 g/mol. The predicted octanol–water partition coefficient (Wildman–Crippen LogP) is 1.31. The topological polar surface area (TPSA) is 60.2 Å². The minimum absolute atomic E-state index is 0.166. The van der Waals surface area contributed by atoms with E-state index in [0.717, 1.165) is 24.5 Å². The van der Waals surface area contributed by atoms with Crippen LogP contribution < -0.4 is 11.1 Å².